The van der Waals surface area contributed by atoms with Gasteiger partial charge in [0.05, 0.1) is 12.1 Å². The molecule has 1 aliphatic rings. The SMILES string of the molecule is O=C(CN1CCN(CCc2ccc(C(F)(F)F)cc2)CC1)c1ccc(F)cc1. The van der Waals surface area contributed by atoms with Crippen LogP contribution in [-0.2, 0) is 12.6 Å². The van der Waals surface area contributed by atoms with Gasteiger partial charge in [0.15, 0.2) is 5.78 Å². The summed E-state index contributed by atoms with van der Waals surface area (Å²) >= 11 is 0. The molecule has 1 aliphatic heterocycles. The molecule has 3 nitrogen and oxygen atoms in total. The number of benzene rings is 2. The van der Waals surface area contributed by atoms with Crippen LogP contribution >= 0.6 is 0 Å². The highest BCUT2D eigenvalue weighted by Gasteiger charge is 2.30. The molecule has 28 heavy (non-hydrogen) atoms. The van der Waals surface area contributed by atoms with Crippen molar-refractivity contribution in [2.45, 2.75) is 12.6 Å². The minimum atomic E-state index is -4.31. The van der Waals surface area contributed by atoms with Crippen molar-refractivity contribution in [2.75, 3.05) is 39.3 Å². The number of alkyl halides is 3. The van der Waals surface area contributed by atoms with E-state index in [1.54, 1.807) is 0 Å². The molecule has 0 bridgehead atoms. The lowest BCUT2D eigenvalue weighted by atomic mass is 10.1. The molecule has 0 spiro atoms. The molecule has 0 saturated carbocycles. The summed E-state index contributed by atoms with van der Waals surface area (Å²) in [6.45, 7) is 4.18. The first kappa shape index (κ1) is 20.5. The monoisotopic (exact) mass is 394 g/mol. The number of hydrogen-bond acceptors (Lipinski definition) is 3. The Morgan fingerprint density at radius 2 is 1.43 bits per heavy atom. The average molecular weight is 394 g/mol. The van der Waals surface area contributed by atoms with Gasteiger partial charge in [-0.25, -0.2) is 4.39 Å². The number of piperazine rings is 1. The van der Waals surface area contributed by atoms with Gasteiger partial charge in [0.2, 0.25) is 0 Å². The third-order valence-corrected chi connectivity index (χ3v) is 5.00. The summed E-state index contributed by atoms with van der Waals surface area (Å²) < 4.78 is 50.7. The van der Waals surface area contributed by atoms with Gasteiger partial charge >= 0.3 is 6.18 Å². The topological polar surface area (TPSA) is 23.6 Å². The molecule has 7 heteroatoms. The summed E-state index contributed by atoms with van der Waals surface area (Å²) in [7, 11) is 0. The van der Waals surface area contributed by atoms with E-state index in [4.69, 9.17) is 0 Å². The fourth-order valence-electron chi connectivity index (χ4n) is 3.25. The maximum absolute atomic E-state index is 12.9. The van der Waals surface area contributed by atoms with Crippen molar-refractivity contribution in [3.63, 3.8) is 0 Å². The van der Waals surface area contributed by atoms with Crippen LogP contribution in [0.5, 0.6) is 0 Å². The molecule has 2 aromatic rings. The van der Waals surface area contributed by atoms with Crippen molar-refractivity contribution in [3.05, 3.63) is 71.0 Å². The number of Topliss-reactive ketones (excluding diaryl/α,β-unsaturated/α-hetero) is 1. The molecule has 1 fully saturated rings. The molecule has 0 atom stereocenters. The van der Waals surface area contributed by atoms with E-state index in [-0.39, 0.29) is 11.6 Å². The Kier molecular flexibility index (Phi) is 6.46. The van der Waals surface area contributed by atoms with Crippen LogP contribution in [0.3, 0.4) is 0 Å². The predicted molar refractivity (Wildman–Crippen MR) is 98.8 cm³/mol. The van der Waals surface area contributed by atoms with Crippen LogP contribution in [0.1, 0.15) is 21.5 Å². The van der Waals surface area contributed by atoms with Gasteiger partial charge in [0.25, 0.3) is 0 Å². The molecule has 0 radical (unpaired) electrons. The second kappa shape index (κ2) is 8.84. The molecule has 1 saturated heterocycles. The molecule has 0 aromatic heterocycles. The number of carbonyl (C=O) groups is 1. The average Bonchev–Trinajstić information content (AvgIpc) is 2.67. The quantitative estimate of drug-likeness (QED) is 0.549. The molecule has 2 aromatic carbocycles. The van der Waals surface area contributed by atoms with E-state index in [9.17, 15) is 22.4 Å². The molecule has 150 valence electrons. The molecule has 1 heterocycles. The number of nitrogens with zero attached hydrogens (tertiary/aromatic N) is 2. The Balaban J connectivity index is 1.41. The van der Waals surface area contributed by atoms with E-state index < -0.39 is 11.7 Å². The van der Waals surface area contributed by atoms with Crippen molar-refractivity contribution in [2.24, 2.45) is 0 Å². The maximum Gasteiger partial charge on any atom is 0.416 e. The van der Waals surface area contributed by atoms with E-state index >= 15 is 0 Å². The van der Waals surface area contributed by atoms with Gasteiger partial charge in [-0.2, -0.15) is 13.2 Å². The van der Waals surface area contributed by atoms with Gasteiger partial charge < -0.3 is 4.90 Å². The van der Waals surface area contributed by atoms with E-state index in [2.05, 4.69) is 9.80 Å². The minimum absolute atomic E-state index is 0.0294. The van der Waals surface area contributed by atoms with Gasteiger partial charge in [0.1, 0.15) is 5.82 Å². The lowest BCUT2D eigenvalue weighted by Gasteiger charge is -2.34. The lowest BCUT2D eigenvalue weighted by molar-refractivity contribution is -0.137. The highest BCUT2D eigenvalue weighted by Crippen LogP contribution is 2.29. The normalized spacial score (nSPS) is 16.3. The number of ketones is 1. The zero-order chi connectivity index (χ0) is 20.1. The fraction of sp³-hybridized carbons (Fsp3) is 0.381. The molecular formula is C21H22F4N2O. The number of hydrogen-bond donors (Lipinski definition) is 0. The first-order chi connectivity index (χ1) is 13.3. The summed E-state index contributed by atoms with van der Waals surface area (Å²) in [6, 6.07) is 10.9. The molecule has 0 unspecified atom stereocenters. The van der Waals surface area contributed by atoms with Gasteiger partial charge in [-0.15, -0.1) is 0 Å². The Bertz CT molecular complexity index is 780. The van der Waals surface area contributed by atoms with Gasteiger partial charge in [-0.1, -0.05) is 12.1 Å². The van der Waals surface area contributed by atoms with Crippen LogP contribution in [0.25, 0.3) is 0 Å². The first-order valence-electron chi connectivity index (χ1n) is 9.21. The van der Waals surface area contributed by atoms with Gasteiger partial charge in [-0.3, -0.25) is 9.69 Å². The van der Waals surface area contributed by atoms with E-state index in [0.717, 1.165) is 50.4 Å². The van der Waals surface area contributed by atoms with E-state index in [1.807, 2.05) is 0 Å². The smallest absolute Gasteiger partial charge is 0.300 e. The molecule has 0 amide bonds. The maximum atomic E-state index is 12.9. The Hall–Kier alpha value is -2.25. The zero-order valence-corrected chi connectivity index (χ0v) is 15.4. The van der Waals surface area contributed by atoms with Crippen molar-refractivity contribution in [1.29, 1.82) is 0 Å². The van der Waals surface area contributed by atoms with Gasteiger partial charge in [-0.05, 0) is 48.4 Å². The number of halogens is 4. The minimum Gasteiger partial charge on any atom is -0.300 e. The highest BCUT2D eigenvalue weighted by molar-refractivity contribution is 5.97. The van der Waals surface area contributed by atoms with Crippen LogP contribution in [0.4, 0.5) is 17.6 Å². The Morgan fingerprint density at radius 3 is 2.00 bits per heavy atom. The van der Waals surface area contributed by atoms with Crippen LogP contribution in [0, 0.1) is 5.82 Å². The van der Waals surface area contributed by atoms with Crippen molar-refractivity contribution < 1.29 is 22.4 Å². The zero-order valence-electron chi connectivity index (χ0n) is 15.4. The van der Waals surface area contributed by atoms with E-state index in [0.29, 0.717) is 18.5 Å². The second-order valence-electron chi connectivity index (χ2n) is 6.99. The molecular weight excluding hydrogens is 372 g/mol. The Labute approximate surface area is 161 Å². The fourth-order valence-corrected chi connectivity index (χ4v) is 3.25. The van der Waals surface area contributed by atoms with Crippen molar-refractivity contribution in [1.82, 2.24) is 9.80 Å². The first-order valence-corrected chi connectivity index (χ1v) is 9.21. The molecule has 0 N–H and O–H groups in total. The van der Waals surface area contributed by atoms with Crippen molar-refractivity contribution in [3.8, 4) is 0 Å². The van der Waals surface area contributed by atoms with Crippen LogP contribution in [0.2, 0.25) is 0 Å². The van der Waals surface area contributed by atoms with Gasteiger partial charge in [0, 0.05) is 38.3 Å². The second-order valence-corrected chi connectivity index (χ2v) is 6.99. The number of carbonyl (C=O) groups excluding carboxylic acids is 1. The summed E-state index contributed by atoms with van der Waals surface area (Å²) in [4.78, 5) is 16.6. The van der Waals surface area contributed by atoms with Crippen LogP contribution in [0.15, 0.2) is 48.5 Å². The number of rotatable bonds is 6. The summed E-state index contributed by atoms with van der Waals surface area (Å²) in [6.07, 6.45) is -3.62. The lowest BCUT2D eigenvalue weighted by Crippen LogP contribution is -2.48. The van der Waals surface area contributed by atoms with E-state index in [1.165, 1.54) is 36.4 Å². The highest BCUT2D eigenvalue weighted by atomic mass is 19.4. The largest absolute Gasteiger partial charge is 0.416 e. The van der Waals surface area contributed by atoms with Crippen LogP contribution < -0.4 is 0 Å². The third kappa shape index (κ3) is 5.62. The summed E-state index contributed by atoms with van der Waals surface area (Å²) in [5, 5.41) is 0. The third-order valence-electron chi connectivity index (χ3n) is 5.00. The standard InChI is InChI=1S/C21H22F4N2O/c22-19-7-3-17(4-8-19)20(28)15-27-13-11-26(12-14-27)10-9-16-1-5-18(6-2-16)21(23,24)25/h1-8H,9-15H2. The summed E-state index contributed by atoms with van der Waals surface area (Å²) in [5.74, 6) is -0.392. The molecule has 3 rings (SSSR count). The predicted octanol–water partition coefficient (Wildman–Crippen LogP) is 3.89. The van der Waals surface area contributed by atoms with Crippen LogP contribution in [-0.4, -0.2) is 54.9 Å². The van der Waals surface area contributed by atoms with Crippen molar-refractivity contribution >= 4 is 5.78 Å². The molecule has 0 aliphatic carbocycles. The summed E-state index contributed by atoms with van der Waals surface area (Å²) in [5.41, 5.74) is 0.753. The Morgan fingerprint density at radius 1 is 0.857 bits per heavy atom.